The Morgan fingerprint density at radius 1 is 1.19 bits per heavy atom. The molecule has 0 amide bonds. The number of nitrogens with one attached hydrogen (secondary N) is 2. The van der Waals surface area contributed by atoms with Gasteiger partial charge in [-0.05, 0) is 40.5 Å². The van der Waals surface area contributed by atoms with Gasteiger partial charge in [0, 0.05) is 16.8 Å². The van der Waals surface area contributed by atoms with Crippen LogP contribution in [0.25, 0.3) is 10.2 Å². The molecule has 0 aliphatic heterocycles. The predicted octanol–water partition coefficient (Wildman–Crippen LogP) is 4.73. The predicted molar refractivity (Wildman–Crippen MR) is 95.7 cm³/mol. The van der Waals surface area contributed by atoms with Crippen LogP contribution in [-0.2, 0) is 13.0 Å². The van der Waals surface area contributed by atoms with E-state index in [-0.39, 0.29) is 0 Å². The van der Waals surface area contributed by atoms with Crippen molar-refractivity contribution in [3.63, 3.8) is 0 Å². The summed E-state index contributed by atoms with van der Waals surface area (Å²) >= 11 is 6.95. The first kappa shape index (κ1) is 14.7. The Bertz CT molecular complexity index is 766. The van der Waals surface area contributed by atoms with Crippen molar-refractivity contribution >= 4 is 60.6 Å². The van der Waals surface area contributed by atoms with Gasteiger partial charge in [0.2, 0.25) is 5.95 Å². The standard InChI is InChI=1S/C14H15BrN4S2/c1-3-8-6-10-12(17-7-9-4-5-11(15)20-9)18-14(16-2)19-13(10)21-8/h4-6H,3,7H2,1-2H3,(H2,16,17,18,19). The molecule has 0 saturated carbocycles. The van der Waals surface area contributed by atoms with Crippen LogP contribution >= 0.6 is 38.6 Å². The molecular formula is C14H15BrN4S2. The summed E-state index contributed by atoms with van der Waals surface area (Å²) in [6, 6.07) is 6.37. The summed E-state index contributed by atoms with van der Waals surface area (Å²) in [6.07, 6.45) is 1.02. The number of hydrogen-bond acceptors (Lipinski definition) is 6. The van der Waals surface area contributed by atoms with Crippen LogP contribution in [0.4, 0.5) is 11.8 Å². The molecule has 0 aliphatic carbocycles. The Balaban J connectivity index is 1.93. The Labute approximate surface area is 139 Å². The van der Waals surface area contributed by atoms with Gasteiger partial charge in [0.1, 0.15) is 10.6 Å². The number of fused-ring (bicyclic) bond motifs is 1. The van der Waals surface area contributed by atoms with Gasteiger partial charge in [-0.25, -0.2) is 4.98 Å². The fourth-order valence-electron chi connectivity index (χ4n) is 2.01. The van der Waals surface area contributed by atoms with E-state index in [9.17, 15) is 0 Å². The van der Waals surface area contributed by atoms with Crippen molar-refractivity contribution in [2.45, 2.75) is 19.9 Å². The Hall–Kier alpha value is -1.18. The zero-order chi connectivity index (χ0) is 14.8. The average molecular weight is 383 g/mol. The molecule has 0 spiro atoms. The maximum atomic E-state index is 4.56. The molecule has 2 N–H and O–H groups in total. The summed E-state index contributed by atoms with van der Waals surface area (Å²) in [7, 11) is 1.84. The molecule has 0 fully saturated rings. The third-order valence-corrected chi connectivity index (χ3v) is 5.87. The molecule has 0 aliphatic rings. The van der Waals surface area contributed by atoms with E-state index in [0.717, 1.165) is 32.8 Å². The van der Waals surface area contributed by atoms with E-state index in [4.69, 9.17) is 0 Å². The lowest BCUT2D eigenvalue weighted by molar-refractivity contribution is 1.12. The molecular weight excluding hydrogens is 368 g/mol. The molecule has 3 aromatic heterocycles. The van der Waals surface area contributed by atoms with Gasteiger partial charge in [-0.3, -0.25) is 0 Å². The average Bonchev–Trinajstić information content (AvgIpc) is 3.10. The van der Waals surface area contributed by atoms with Gasteiger partial charge in [-0.1, -0.05) is 6.92 Å². The van der Waals surface area contributed by atoms with Crippen molar-refractivity contribution in [3.8, 4) is 0 Å². The van der Waals surface area contributed by atoms with Gasteiger partial charge in [0.15, 0.2) is 0 Å². The summed E-state index contributed by atoms with van der Waals surface area (Å²) in [4.78, 5) is 12.7. The number of aryl methyl sites for hydroxylation is 1. The number of anilines is 2. The summed E-state index contributed by atoms with van der Waals surface area (Å²) in [5.41, 5.74) is 0. The second-order valence-corrected chi connectivity index (χ2v) is 8.15. The van der Waals surface area contributed by atoms with Crippen molar-refractivity contribution in [3.05, 3.63) is 31.7 Å². The van der Waals surface area contributed by atoms with Crippen LogP contribution < -0.4 is 10.6 Å². The van der Waals surface area contributed by atoms with Crippen LogP contribution in [0.5, 0.6) is 0 Å². The molecule has 3 rings (SSSR count). The molecule has 0 atom stereocenters. The van der Waals surface area contributed by atoms with E-state index in [1.54, 1.807) is 22.7 Å². The smallest absolute Gasteiger partial charge is 0.225 e. The third-order valence-electron chi connectivity index (χ3n) is 3.07. The number of halogens is 1. The van der Waals surface area contributed by atoms with Gasteiger partial charge in [-0.15, -0.1) is 22.7 Å². The lowest BCUT2D eigenvalue weighted by Gasteiger charge is -2.07. The molecule has 3 aromatic rings. The van der Waals surface area contributed by atoms with Gasteiger partial charge in [-0.2, -0.15) is 4.98 Å². The largest absolute Gasteiger partial charge is 0.364 e. The SMILES string of the molecule is CCc1cc2c(NCc3ccc(Br)s3)nc(NC)nc2s1. The van der Waals surface area contributed by atoms with Crippen LogP contribution in [0.1, 0.15) is 16.7 Å². The van der Waals surface area contributed by atoms with Gasteiger partial charge >= 0.3 is 0 Å². The minimum absolute atomic E-state index is 0.655. The van der Waals surface area contributed by atoms with Crippen LogP contribution in [0.15, 0.2) is 22.0 Å². The molecule has 0 radical (unpaired) electrons. The van der Waals surface area contributed by atoms with Crippen LogP contribution in [0.3, 0.4) is 0 Å². The van der Waals surface area contributed by atoms with Crippen LogP contribution in [-0.4, -0.2) is 17.0 Å². The fraction of sp³-hybridized carbons (Fsp3) is 0.286. The number of rotatable bonds is 5. The van der Waals surface area contributed by atoms with Crippen molar-refractivity contribution in [2.24, 2.45) is 0 Å². The second-order valence-electron chi connectivity index (χ2n) is 4.49. The van der Waals surface area contributed by atoms with Crippen molar-refractivity contribution in [1.29, 1.82) is 0 Å². The van der Waals surface area contributed by atoms with Crippen LogP contribution in [0, 0.1) is 0 Å². The van der Waals surface area contributed by atoms with E-state index in [1.165, 1.54) is 9.75 Å². The number of thiophene rings is 2. The monoisotopic (exact) mass is 382 g/mol. The molecule has 4 nitrogen and oxygen atoms in total. The van der Waals surface area contributed by atoms with E-state index < -0.39 is 0 Å². The molecule has 0 aromatic carbocycles. The van der Waals surface area contributed by atoms with Crippen molar-refractivity contribution < 1.29 is 0 Å². The highest BCUT2D eigenvalue weighted by Crippen LogP contribution is 2.31. The first-order chi connectivity index (χ1) is 10.2. The second kappa shape index (κ2) is 6.29. The van der Waals surface area contributed by atoms with E-state index in [2.05, 4.69) is 61.7 Å². The summed E-state index contributed by atoms with van der Waals surface area (Å²) < 4.78 is 1.15. The normalized spacial score (nSPS) is 11.0. The number of nitrogens with zero attached hydrogens (tertiary/aromatic N) is 2. The number of aromatic nitrogens is 2. The van der Waals surface area contributed by atoms with Crippen molar-refractivity contribution in [1.82, 2.24) is 9.97 Å². The minimum atomic E-state index is 0.655. The molecule has 0 saturated heterocycles. The lowest BCUT2D eigenvalue weighted by Crippen LogP contribution is -2.04. The highest BCUT2D eigenvalue weighted by molar-refractivity contribution is 9.11. The Kier molecular flexibility index (Phi) is 4.42. The van der Waals surface area contributed by atoms with Crippen LogP contribution in [0.2, 0.25) is 0 Å². The number of hydrogen-bond donors (Lipinski definition) is 2. The quantitative estimate of drug-likeness (QED) is 0.669. The Morgan fingerprint density at radius 2 is 2.05 bits per heavy atom. The molecule has 0 bridgehead atoms. The highest BCUT2D eigenvalue weighted by Gasteiger charge is 2.11. The summed E-state index contributed by atoms with van der Waals surface area (Å²) in [5, 5.41) is 7.57. The highest BCUT2D eigenvalue weighted by atomic mass is 79.9. The van der Waals surface area contributed by atoms with Gasteiger partial charge in [0.25, 0.3) is 0 Å². The fourth-order valence-corrected chi connectivity index (χ4v) is 4.40. The van der Waals surface area contributed by atoms with Crippen molar-refractivity contribution in [2.75, 3.05) is 17.7 Å². The Morgan fingerprint density at radius 3 is 2.71 bits per heavy atom. The van der Waals surface area contributed by atoms with E-state index in [0.29, 0.717) is 5.95 Å². The maximum Gasteiger partial charge on any atom is 0.225 e. The molecule has 110 valence electrons. The maximum absolute atomic E-state index is 4.56. The summed E-state index contributed by atoms with van der Waals surface area (Å²) in [5.74, 6) is 1.55. The summed E-state index contributed by atoms with van der Waals surface area (Å²) in [6.45, 7) is 2.93. The lowest BCUT2D eigenvalue weighted by atomic mass is 10.3. The van der Waals surface area contributed by atoms with E-state index in [1.807, 2.05) is 7.05 Å². The molecule has 0 unspecified atom stereocenters. The molecule has 3 heterocycles. The zero-order valence-electron chi connectivity index (χ0n) is 11.7. The first-order valence-corrected chi connectivity index (χ1v) is 9.08. The zero-order valence-corrected chi connectivity index (χ0v) is 15.0. The van der Waals surface area contributed by atoms with Gasteiger partial charge < -0.3 is 10.6 Å². The topological polar surface area (TPSA) is 49.8 Å². The van der Waals surface area contributed by atoms with E-state index >= 15 is 0 Å². The third kappa shape index (κ3) is 3.20. The first-order valence-electron chi connectivity index (χ1n) is 6.66. The minimum Gasteiger partial charge on any atom is -0.364 e. The van der Waals surface area contributed by atoms with Gasteiger partial charge in [0.05, 0.1) is 15.7 Å². The molecule has 7 heteroatoms. The molecule has 21 heavy (non-hydrogen) atoms.